The van der Waals surface area contributed by atoms with Gasteiger partial charge in [0.1, 0.15) is 0 Å². The van der Waals surface area contributed by atoms with Crippen LogP contribution in [0.3, 0.4) is 0 Å². The van der Waals surface area contributed by atoms with Crippen LogP contribution in [0.5, 0.6) is 0 Å². The predicted molar refractivity (Wildman–Crippen MR) is 68.8 cm³/mol. The number of hydrogen-bond acceptors (Lipinski definition) is 4. The summed E-state index contributed by atoms with van der Waals surface area (Å²) in [4.78, 5) is 22.4. The molecule has 1 rings (SSSR count). The molecule has 0 atom stereocenters. The lowest BCUT2D eigenvalue weighted by atomic mass is 10.1. The maximum absolute atomic E-state index is 11.6. The molecule has 0 aliphatic heterocycles. The molecule has 0 heterocycles. The molecule has 5 nitrogen and oxygen atoms in total. The van der Waals surface area contributed by atoms with Crippen molar-refractivity contribution in [1.29, 1.82) is 0 Å². The lowest BCUT2D eigenvalue weighted by molar-refractivity contribution is -0.140. The third-order valence-electron chi connectivity index (χ3n) is 2.45. The first kappa shape index (κ1) is 14.0. The normalized spacial score (nSPS) is 9.83. The second-order valence-electron chi connectivity index (χ2n) is 3.95. The molecule has 0 spiro atoms. The number of carbonyl (C=O) groups is 2. The Kier molecular flexibility index (Phi) is 5.70. The number of methoxy groups -OCH3 is 1. The van der Waals surface area contributed by atoms with Crippen LogP contribution in [-0.4, -0.2) is 25.5 Å². The van der Waals surface area contributed by atoms with E-state index in [-0.39, 0.29) is 11.9 Å². The van der Waals surface area contributed by atoms with Gasteiger partial charge in [-0.05, 0) is 24.1 Å². The largest absolute Gasteiger partial charge is 0.469 e. The van der Waals surface area contributed by atoms with Gasteiger partial charge in [0.25, 0.3) is 0 Å². The Labute approximate surface area is 106 Å². The summed E-state index contributed by atoms with van der Waals surface area (Å²) in [5, 5.41) is 2.75. The SMILES string of the molecule is COC(=O)CCCNC(=O)Cc1ccc(N)cc1. The smallest absolute Gasteiger partial charge is 0.305 e. The van der Waals surface area contributed by atoms with Gasteiger partial charge in [-0.1, -0.05) is 12.1 Å². The van der Waals surface area contributed by atoms with Gasteiger partial charge in [0.15, 0.2) is 0 Å². The fourth-order valence-corrected chi connectivity index (χ4v) is 1.45. The summed E-state index contributed by atoms with van der Waals surface area (Å²) in [7, 11) is 1.35. The maximum atomic E-state index is 11.6. The lowest BCUT2D eigenvalue weighted by Gasteiger charge is -2.05. The molecule has 0 aromatic heterocycles. The van der Waals surface area contributed by atoms with Crippen LogP contribution in [0.15, 0.2) is 24.3 Å². The summed E-state index contributed by atoms with van der Waals surface area (Å²) in [6.45, 7) is 0.475. The number of nitrogens with one attached hydrogen (secondary N) is 1. The van der Waals surface area contributed by atoms with E-state index in [0.29, 0.717) is 31.5 Å². The van der Waals surface area contributed by atoms with Crippen LogP contribution in [-0.2, 0) is 20.7 Å². The van der Waals surface area contributed by atoms with Crippen LogP contribution < -0.4 is 11.1 Å². The van der Waals surface area contributed by atoms with Crippen LogP contribution in [0.25, 0.3) is 0 Å². The van der Waals surface area contributed by atoms with Crippen molar-refractivity contribution in [2.45, 2.75) is 19.3 Å². The maximum Gasteiger partial charge on any atom is 0.305 e. The molecule has 0 radical (unpaired) electrons. The van der Waals surface area contributed by atoms with E-state index in [9.17, 15) is 9.59 Å². The summed E-state index contributed by atoms with van der Waals surface area (Å²) in [6.07, 6.45) is 1.22. The van der Waals surface area contributed by atoms with Gasteiger partial charge in [-0.25, -0.2) is 0 Å². The van der Waals surface area contributed by atoms with E-state index in [2.05, 4.69) is 10.1 Å². The molecule has 1 aromatic rings. The fraction of sp³-hybridized carbons (Fsp3) is 0.385. The van der Waals surface area contributed by atoms with Crippen LogP contribution in [0, 0.1) is 0 Å². The minimum absolute atomic E-state index is 0.0652. The number of nitrogens with two attached hydrogens (primary N) is 1. The first-order valence-corrected chi connectivity index (χ1v) is 5.79. The van der Waals surface area contributed by atoms with Crippen molar-refractivity contribution in [3.63, 3.8) is 0 Å². The molecule has 5 heteroatoms. The van der Waals surface area contributed by atoms with Gasteiger partial charge in [0.05, 0.1) is 13.5 Å². The summed E-state index contributed by atoms with van der Waals surface area (Å²) in [5.74, 6) is -0.326. The zero-order valence-electron chi connectivity index (χ0n) is 10.4. The van der Waals surface area contributed by atoms with Gasteiger partial charge in [-0.2, -0.15) is 0 Å². The number of esters is 1. The molecule has 0 saturated carbocycles. The molecule has 18 heavy (non-hydrogen) atoms. The second kappa shape index (κ2) is 7.32. The van der Waals surface area contributed by atoms with Gasteiger partial charge in [-0.15, -0.1) is 0 Å². The molecular weight excluding hydrogens is 232 g/mol. The molecule has 1 amide bonds. The monoisotopic (exact) mass is 250 g/mol. The number of ether oxygens (including phenoxy) is 1. The van der Waals surface area contributed by atoms with Gasteiger partial charge in [0.2, 0.25) is 5.91 Å². The van der Waals surface area contributed by atoms with Crippen molar-refractivity contribution in [1.82, 2.24) is 5.32 Å². The standard InChI is InChI=1S/C13H18N2O3/c1-18-13(17)3-2-8-15-12(16)9-10-4-6-11(14)7-5-10/h4-7H,2-3,8-9,14H2,1H3,(H,15,16). The molecule has 0 saturated heterocycles. The fourth-order valence-electron chi connectivity index (χ4n) is 1.45. The number of hydrogen-bond donors (Lipinski definition) is 2. The Hall–Kier alpha value is -2.04. The molecular formula is C13H18N2O3. The molecule has 98 valence electrons. The van der Waals surface area contributed by atoms with Crippen LogP contribution in [0.2, 0.25) is 0 Å². The first-order chi connectivity index (χ1) is 8.61. The van der Waals surface area contributed by atoms with E-state index in [1.54, 1.807) is 12.1 Å². The summed E-state index contributed by atoms with van der Waals surface area (Å²) < 4.78 is 4.50. The van der Waals surface area contributed by atoms with E-state index in [0.717, 1.165) is 5.56 Å². The summed E-state index contributed by atoms with van der Waals surface area (Å²) >= 11 is 0. The average molecular weight is 250 g/mol. The number of rotatable bonds is 6. The van der Waals surface area contributed by atoms with E-state index >= 15 is 0 Å². The van der Waals surface area contributed by atoms with E-state index in [1.807, 2.05) is 12.1 Å². The number of benzene rings is 1. The van der Waals surface area contributed by atoms with Gasteiger partial charge in [0, 0.05) is 18.7 Å². The molecule has 1 aromatic carbocycles. The molecule has 0 aliphatic carbocycles. The highest BCUT2D eigenvalue weighted by Gasteiger charge is 2.04. The zero-order chi connectivity index (χ0) is 13.4. The first-order valence-electron chi connectivity index (χ1n) is 5.79. The quantitative estimate of drug-likeness (QED) is 0.446. The minimum atomic E-state index is -0.261. The number of anilines is 1. The highest BCUT2D eigenvalue weighted by atomic mass is 16.5. The topological polar surface area (TPSA) is 81.4 Å². The van der Waals surface area contributed by atoms with Crippen molar-refractivity contribution in [3.8, 4) is 0 Å². The van der Waals surface area contributed by atoms with Gasteiger partial charge < -0.3 is 15.8 Å². The molecule has 0 bridgehead atoms. The van der Waals surface area contributed by atoms with Crippen molar-refractivity contribution in [2.75, 3.05) is 19.4 Å². The Morgan fingerprint density at radius 3 is 2.56 bits per heavy atom. The molecule has 0 aliphatic rings. The highest BCUT2D eigenvalue weighted by Crippen LogP contribution is 2.05. The predicted octanol–water partition coefficient (Wildman–Crippen LogP) is 0.881. The third kappa shape index (κ3) is 5.34. The number of nitrogen functional groups attached to an aromatic ring is 1. The van der Waals surface area contributed by atoms with Gasteiger partial charge in [-0.3, -0.25) is 9.59 Å². The van der Waals surface area contributed by atoms with Crippen LogP contribution >= 0.6 is 0 Å². The summed E-state index contributed by atoms with van der Waals surface area (Å²) in [5.41, 5.74) is 7.14. The average Bonchev–Trinajstić information content (AvgIpc) is 2.37. The van der Waals surface area contributed by atoms with Gasteiger partial charge >= 0.3 is 5.97 Å². The number of amides is 1. The van der Waals surface area contributed by atoms with Crippen molar-refractivity contribution in [2.24, 2.45) is 0 Å². The summed E-state index contributed by atoms with van der Waals surface area (Å²) in [6, 6.07) is 7.17. The Morgan fingerprint density at radius 1 is 1.28 bits per heavy atom. The van der Waals surface area contributed by atoms with Crippen molar-refractivity contribution >= 4 is 17.6 Å². The van der Waals surface area contributed by atoms with E-state index in [4.69, 9.17) is 5.73 Å². The van der Waals surface area contributed by atoms with E-state index in [1.165, 1.54) is 7.11 Å². The lowest BCUT2D eigenvalue weighted by Crippen LogP contribution is -2.26. The van der Waals surface area contributed by atoms with Crippen molar-refractivity contribution in [3.05, 3.63) is 29.8 Å². The third-order valence-corrected chi connectivity index (χ3v) is 2.45. The molecule has 3 N–H and O–H groups in total. The Morgan fingerprint density at radius 2 is 1.94 bits per heavy atom. The molecule has 0 fully saturated rings. The second-order valence-corrected chi connectivity index (χ2v) is 3.95. The Balaban J connectivity index is 2.21. The van der Waals surface area contributed by atoms with Crippen LogP contribution in [0.1, 0.15) is 18.4 Å². The zero-order valence-corrected chi connectivity index (χ0v) is 10.4. The highest BCUT2D eigenvalue weighted by molar-refractivity contribution is 5.78. The Bertz CT molecular complexity index is 401. The minimum Gasteiger partial charge on any atom is -0.469 e. The number of carbonyl (C=O) groups excluding carboxylic acids is 2. The molecule has 0 unspecified atom stereocenters. The van der Waals surface area contributed by atoms with E-state index < -0.39 is 0 Å². The van der Waals surface area contributed by atoms with Crippen molar-refractivity contribution < 1.29 is 14.3 Å². The van der Waals surface area contributed by atoms with Crippen LogP contribution in [0.4, 0.5) is 5.69 Å².